The Morgan fingerprint density at radius 1 is 1.04 bits per heavy atom. The maximum absolute atomic E-state index is 13.8. The van der Waals surface area contributed by atoms with Crippen LogP contribution < -0.4 is 5.32 Å². The summed E-state index contributed by atoms with van der Waals surface area (Å²) in [5.41, 5.74) is 1.70. The molecule has 1 aromatic carbocycles. The number of amides is 2. The summed E-state index contributed by atoms with van der Waals surface area (Å²) in [4.78, 5) is 32.1. The van der Waals surface area contributed by atoms with E-state index in [-0.39, 0.29) is 30.0 Å². The number of benzene rings is 1. The van der Waals surface area contributed by atoms with Gasteiger partial charge in [0.1, 0.15) is 11.5 Å². The third-order valence-corrected chi connectivity index (χ3v) is 5.56. The van der Waals surface area contributed by atoms with Crippen molar-refractivity contribution in [2.75, 3.05) is 13.1 Å². The number of imidazole rings is 1. The van der Waals surface area contributed by atoms with Gasteiger partial charge in [0, 0.05) is 31.7 Å². The Bertz CT molecular complexity index is 887. The van der Waals surface area contributed by atoms with E-state index in [0.717, 1.165) is 57.3 Å². The van der Waals surface area contributed by atoms with Crippen molar-refractivity contribution in [3.05, 3.63) is 52.9 Å². The molecule has 0 spiro atoms. The van der Waals surface area contributed by atoms with Crippen molar-refractivity contribution in [2.45, 2.75) is 51.6 Å². The number of hydrogen-bond donors (Lipinski definition) is 1. The van der Waals surface area contributed by atoms with E-state index in [1.807, 2.05) is 9.47 Å². The van der Waals surface area contributed by atoms with Crippen molar-refractivity contribution >= 4 is 11.8 Å². The highest BCUT2D eigenvalue weighted by Crippen LogP contribution is 2.23. The van der Waals surface area contributed by atoms with Gasteiger partial charge in [-0.1, -0.05) is 18.2 Å². The van der Waals surface area contributed by atoms with Gasteiger partial charge in [-0.3, -0.25) is 9.59 Å². The molecule has 0 saturated carbocycles. The Kier molecular flexibility index (Phi) is 5.41. The molecule has 1 aromatic heterocycles. The molecular formula is C21H25FN4O2. The quantitative estimate of drug-likeness (QED) is 0.881. The van der Waals surface area contributed by atoms with E-state index in [1.165, 1.54) is 6.07 Å². The van der Waals surface area contributed by atoms with Gasteiger partial charge in [-0.05, 0) is 44.6 Å². The summed E-state index contributed by atoms with van der Waals surface area (Å²) in [6.07, 6.45) is 5.86. The molecule has 0 unspecified atom stereocenters. The molecule has 0 bridgehead atoms. The van der Waals surface area contributed by atoms with Crippen LogP contribution in [0.5, 0.6) is 0 Å². The third kappa shape index (κ3) is 3.66. The van der Waals surface area contributed by atoms with Crippen LogP contribution in [0.25, 0.3) is 0 Å². The van der Waals surface area contributed by atoms with Gasteiger partial charge in [0.05, 0.1) is 5.69 Å². The summed E-state index contributed by atoms with van der Waals surface area (Å²) in [6.45, 7) is 2.26. The lowest BCUT2D eigenvalue weighted by molar-refractivity contribution is 0.0717. The molecule has 6 nitrogen and oxygen atoms in total. The maximum atomic E-state index is 13.8. The second-order valence-corrected chi connectivity index (χ2v) is 7.47. The van der Waals surface area contributed by atoms with E-state index < -0.39 is 0 Å². The third-order valence-electron chi connectivity index (χ3n) is 5.56. The van der Waals surface area contributed by atoms with E-state index in [2.05, 4.69) is 10.3 Å². The SMILES string of the molecule is O=C(NCc1ccccc1F)c1nc(C(=O)N2CCCCC2)c2n1CCCC2. The van der Waals surface area contributed by atoms with Gasteiger partial charge in [-0.2, -0.15) is 0 Å². The van der Waals surface area contributed by atoms with Crippen LogP contribution in [0.3, 0.4) is 0 Å². The normalized spacial score (nSPS) is 16.5. The molecule has 2 amide bonds. The predicted octanol–water partition coefficient (Wildman–Crippen LogP) is 2.91. The van der Waals surface area contributed by atoms with Crippen LogP contribution in [0.4, 0.5) is 4.39 Å². The van der Waals surface area contributed by atoms with E-state index in [9.17, 15) is 14.0 Å². The monoisotopic (exact) mass is 384 g/mol. The van der Waals surface area contributed by atoms with Crippen molar-refractivity contribution in [1.29, 1.82) is 0 Å². The summed E-state index contributed by atoms with van der Waals surface area (Å²) in [7, 11) is 0. The van der Waals surface area contributed by atoms with Gasteiger partial charge in [-0.15, -0.1) is 0 Å². The van der Waals surface area contributed by atoms with Gasteiger partial charge < -0.3 is 14.8 Å². The molecule has 2 aliphatic heterocycles. The summed E-state index contributed by atoms with van der Waals surface area (Å²) in [6, 6.07) is 6.36. The number of carbonyl (C=O) groups is 2. The van der Waals surface area contributed by atoms with E-state index in [1.54, 1.807) is 18.2 Å². The fraction of sp³-hybridized carbons (Fsp3) is 0.476. The smallest absolute Gasteiger partial charge is 0.287 e. The highest BCUT2D eigenvalue weighted by atomic mass is 19.1. The lowest BCUT2D eigenvalue weighted by Gasteiger charge is -2.26. The molecule has 0 radical (unpaired) electrons. The van der Waals surface area contributed by atoms with E-state index in [0.29, 0.717) is 17.8 Å². The molecule has 7 heteroatoms. The lowest BCUT2D eigenvalue weighted by Crippen LogP contribution is -2.36. The number of halogens is 1. The number of nitrogens with one attached hydrogen (secondary N) is 1. The Labute approximate surface area is 163 Å². The number of piperidine rings is 1. The van der Waals surface area contributed by atoms with Gasteiger partial charge in [0.15, 0.2) is 5.82 Å². The van der Waals surface area contributed by atoms with Gasteiger partial charge in [0.25, 0.3) is 11.8 Å². The van der Waals surface area contributed by atoms with Crippen LogP contribution in [0.15, 0.2) is 24.3 Å². The molecule has 0 atom stereocenters. The summed E-state index contributed by atoms with van der Waals surface area (Å²) >= 11 is 0. The molecule has 0 aliphatic carbocycles. The van der Waals surface area contributed by atoms with E-state index in [4.69, 9.17) is 0 Å². The zero-order valence-electron chi connectivity index (χ0n) is 15.9. The summed E-state index contributed by atoms with van der Waals surface area (Å²) in [5.74, 6) is -0.539. The van der Waals surface area contributed by atoms with Crippen LogP contribution in [-0.4, -0.2) is 39.4 Å². The molecule has 1 fully saturated rings. The van der Waals surface area contributed by atoms with Crippen molar-refractivity contribution in [3.8, 4) is 0 Å². The minimum atomic E-state index is -0.371. The summed E-state index contributed by atoms with van der Waals surface area (Å²) < 4.78 is 15.7. The number of rotatable bonds is 4. The van der Waals surface area contributed by atoms with Crippen molar-refractivity contribution in [2.24, 2.45) is 0 Å². The average Bonchev–Trinajstić information content (AvgIpc) is 3.13. The van der Waals surface area contributed by atoms with Crippen LogP contribution >= 0.6 is 0 Å². The van der Waals surface area contributed by atoms with Gasteiger partial charge in [0.2, 0.25) is 0 Å². The number of nitrogens with zero attached hydrogens (tertiary/aromatic N) is 3. The summed E-state index contributed by atoms with van der Waals surface area (Å²) in [5, 5.41) is 2.75. The van der Waals surface area contributed by atoms with Crippen LogP contribution in [0.1, 0.15) is 64.5 Å². The second-order valence-electron chi connectivity index (χ2n) is 7.47. The number of carbonyl (C=O) groups excluding carboxylic acids is 2. The fourth-order valence-electron chi connectivity index (χ4n) is 4.03. The molecular weight excluding hydrogens is 359 g/mol. The first-order valence-electron chi connectivity index (χ1n) is 10.1. The van der Waals surface area contributed by atoms with Crippen LogP contribution in [0.2, 0.25) is 0 Å². The molecule has 148 valence electrons. The lowest BCUT2D eigenvalue weighted by atomic mass is 10.1. The molecule has 1 saturated heterocycles. The molecule has 4 rings (SSSR count). The highest BCUT2D eigenvalue weighted by molar-refractivity contribution is 5.97. The number of fused-ring (bicyclic) bond motifs is 1. The number of likely N-dealkylation sites (tertiary alicyclic amines) is 1. The molecule has 2 aromatic rings. The molecule has 28 heavy (non-hydrogen) atoms. The number of aromatic nitrogens is 2. The topological polar surface area (TPSA) is 67.2 Å². The Morgan fingerprint density at radius 3 is 2.57 bits per heavy atom. The second kappa shape index (κ2) is 8.12. The van der Waals surface area contributed by atoms with Gasteiger partial charge in [-0.25, -0.2) is 9.37 Å². The first-order valence-corrected chi connectivity index (χ1v) is 10.1. The molecule has 3 heterocycles. The average molecular weight is 384 g/mol. The minimum absolute atomic E-state index is 0.0708. The Hall–Kier alpha value is -2.70. The van der Waals surface area contributed by atoms with Gasteiger partial charge >= 0.3 is 0 Å². The molecule has 1 N–H and O–H groups in total. The van der Waals surface area contributed by atoms with E-state index >= 15 is 0 Å². The fourth-order valence-corrected chi connectivity index (χ4v) is 4.03. The first kappa shape index (κ1) is 18.7. The zero-order chi connectivity index (χ0) is 19.5. The van der Waals surface area contributed by atoms with Crippen molar-refractivity contribution < 1.29 is 14.0 Å². The molecule has 2 aliphatic rings. The Morgan fingerprint density at radius 2 is 1.79 bits per heavy atom. The van der Waals surface area contributed by atoms with Crippen LogP contribution in [-0.2, 0) is 19.5 Å². The van der Waals surface area contributed by atoms with Crippen LogP contribution in [0, 0.1) is 5.82 Å². The Balaban J connectivity index is 1.56. The largest absolute Gasteiger partial charge is 0.345 e. The standard InChI is InChI=1S/C21H25FN4O2/c22-16-9-3-2-8-15(16)14-23-20(27)19-24-18(17-10-4-7-13-26(17)19)21(28)25-11-5-1-6-12-25/h2-3,8-9H,1,4-7,10-14H2,(H,23,27). The zero-order valence-corrected chi connectivity index (χ0v) is 15.9. The van der Waals surface area contributed by atoms with Crippen molar-refractivity contribution in [1.82, 2.24) is 19.8 Å². The maximum Gasteiger partial charge on any atom is 0.287 e. The van der Waals surface area contributed by atoms with Crippen molar-refractivity contribution in [3.63, 3.8) is 0 Å². The number of hydrogen-bond acceptors (Lipinski definition) is 3. The highest BCUT2D eigenvalue weighted by Gasteiger charge is 2.30. The first-order chi connectivity index (χ1) is 13.6. The predicted molar refractivity (Wildman–Crippen MR) is 102 cm³/mol. The minimum Gasteiger partial charge on any atom is -0.345 e.